The summed E-state index contributed by atoms with van der Waals surface area (Å²) >= 11 is 1.32. The zero-order valence-corrected chi connectivity index (χ0v) is 16.6. The van der Waals surface area contributed by atoms with E-state index in [0.717, 1.165) is 10.4 Å². The third-order valence-corrected chi connectivity index (χ3v) is 6.74. The van der Waals surface area contributed by atoms with Gasteiger partial charge in [0, 0.05) is 11.3 Å². The van der Waals surface area contributed by atoms with Crippen LogP contribution in [0.4, 0.5) is 5.00 Å². The fraction of sp³-hybridized carbons (Fsp3) is 0.318. The number of carboxylic acids is 1. The summed E-state index contributed by atoms with van der Waals surface area (Å²) in [6.45, 7) is 0. The number of amides is 1. The number of carbonyl (C=O) groups excluding carboxylic acids is 2. The monoisotopic (exact) mass is 411 g/mol. The van der Waals surface area contributed by atoms with E-state index < -0.39 is 23.8 Å². The molecular formula is C22H21NO5S. The highest BCUT2D eigenvalue weighted by atomic mass is 32.1. The van der Waals surface area contributed by atoms with Crippen molar-refractivity contribution in [2.24, 2.45) is 23.7 Å². The van der Waals surface area contributed by atoms with Gasteiger partial charge in [-0.25, -0.2) is 4.79 Å². The second-order valence-corrected chi connectivity index (χ2v) is 8.57. The van der Waals surface area contributed by atoms with Gasteiger partial charge in [-0.3, -0.25) is 9.59 Å². The summed E-state index contributed by atoms with van der Waals surface area (Å²) in [5.41, 5.74) is 1.38. The molecule has 1 aromatic carbocycles. The number of carbonyl (C=O) groups is 3. The number of aliphatic carboxylic acids is 1. The predicted octanol–water partition coefficient (Wildman–Crippen LogP) is 3.59. The molecule has 1 fully saturated rings. The number of thiophene rings is 1. The van der Waals surface area contributed by atoms with Crippen molar-refractivity contribution in [3.05, 3.63) is 64.6 Å². The molecule has 2 aromatic rings. The molecule has 2 aliphatic carbocycles. The van der Waals surface area contributed by atoms with Crippen LogP contribution in [0.5, 0.6) is 0 Å². The lowest BCUT2D eigenvalue weighted by atomic mass is 9.82. The minimum atomic E-state index is -0.953. The number of rotatable bonds is 6. The molecule has 7 heteroatoms. The molecule has 6 nitrogen and oxygen atoms in total. The molecule has 4 atom stereocenters. The van der Waals surface area contributed by atoms with Crippen LogP contribution in [0.2, 0.25) is 0 Å². The third-order valence-electron chi connectivity index (χ3n) is 5.69. The second kappa shape index (κ2) is 7.83. The van der Waals surface area contributed by atoms with E-state index in [9.17, 15) is 19.5 Å². The minimum absolute atomic E-state index is 0.0774. The van der Waals surface area contributed by atoms with Gasteiger partial charge in [-0.15, -0.1) is 11.3 Å². The van der Waals surface area contributed by atoms with Gasteiger partial charge in [0.05, 0.1) is 24.5 Å². The number of benzene rings is 1. The highest BCUT2D eigenvalue weighted by Gasteiger charge is 2.51. The molecule has 0 aliphatic heterocycles. The molecule has 2 bridgehead atoms. The summed E-state index contributed by atoms with van der Waals surface area (Å²) in [5.74, 6) is -3.38. The van der Waals surface area contributed by atoms with Gasteiger partial charge < -0.3 is 15.2 Å². The Morgan fingerprint density at radius 1 is 1.14 bits per heavy atom. The first-order valence-corrected chi connectivity index (χ1v) is 10.3. The Hall–Kier alpha value is -2.93. The van der Waals surface area contributed by atoms with Crippen LogP contribution in [0.25, 0.3) is 0 Å². The smallest absolute Gasteiger partial charge is 0.340 e. The van der Waals surface area contributed by atoms with Gasteiger partial charge in [-0.2, -0.15) is 0 Å². The number of hydrogen-bond acceptors (Lipinski definition) is 5. The average molecular weight is 411 g/mol. The lowest BCUT2D eigenvalue weighted by Crippen LogP contribution is -2.36. The standard InChI is InChI=1S/C22H21NO5S/c1-28-22(27)16-11-15(9-12-5-3-2-4-6-12)29-20(16)23-19(24)17-13-7-8-14(10-13)18(17)21(25)26/h2-8,11,13-14,17-18H,9-10H2,1H3,(H,23,24)(H,25,26)/t13-,14+,17+,18+/m1/s1. The fourth-order valence-corrected chi connectivity index (χ4v) is 5.47. The molecular weight excluding hydrogens is 390 g/mol. The van der Waals surface area contributed by atoms with Crippen molar-refractivity contribution >= 4 is 34.2 Å². The summed E-state index contributed by atoms with van der Waals surface area (Å²) < 4.78 is 4.87. The number of esters is 1. The van der Waals surface area contributed by atoms with Crippen molar-refractivity contribution in [1.82, 2.24) is 0 Å². The number of anilines is 1. The first kappa shape index (κ1) is 19.4. The van der Waals surface area contributed by atoms with Crippen LogP contribution < -0.4 is 5.32 Å². The Labute approximate surface area is 172 Å². The average Bonchev–Trinajstić information content (AvgIpc) is 3.42. The maximum Gasteiger partial charge on any atom is 0.340 e. The quantitative estimate of drug-likeness (QED) is 0.560. The van der Waals surface area contributed by atoms with E-state index in [-0.39, 0.29) is 17.7 Å². The number of nitrogens with one attached hydrogen (secondary N) is 1. The van der Waals surface area contributed by atoms with Crippen LogP contribution in [0, 0.1) is 23.7 Å². The van der Waals surface area contributed by atoms with E-state index >= 15 is 0 Å². The van der Waals surface area contributed by atoms with Gasteiger partial charge in [-0.05, 0) is 29.9 Å². The second-order valence-electron chi connectivity index (χ2n) is 7.44. The van der Waals surface area contributed by atoms with E-state index in [1.54, 1.807) is 6.07 Å². The zero-order valence-electron chi connectivity index (χ0n) is 15.8. The molecule has 1 heterocycles. The van der Waals surface area contributed by atoms with Gasteiger partial charge in [0.25, 0.3) is 0 Å². The molecule has 150 valence electrons. The van der Waals surface area contributed by atoms with Crippen LogP contribution in [-0.2, 0) is 20.7 Å². The van der Waals surface area contributed by atoms with Crippen molar-refractivity contribution in [2.75, 3.05) is 12.4 Å². The van der Waals surface area contributed by atoms with Crippen molar-refractivity contribution in [3.8, 4) is 0 Å². The summed E-state index contributed by atoms with van der Waals surface area (Å²) in [6.07, 6.45) is 5.14. The Kier molecular flexibility index (Phi) is 5.24. The van der Waals surface area contributed by atoms with E-state index in [2.05, 4.69) is 5.32 Å². The van der Waals surface area contributed by atoms with E-state index in [1.807, 2.05) is 42.5 Å². The van der Waals surface area contributed by atoms with Crippen LogP contribution in [-0.4, -0.2) is 30.1 Å². The normalized spacial score (nSPS) is 24.4. The summed E-state index contributed by atoms with van der Waals surface area (Å²) in [6, 6.07) is 11.5. The van der Waals surface area contributed by atoms with Crippen LogP contribution in [0.15, 0.2) is 48.6 Å². The summed E-state index contributed by atoms with van der Waals surface area (Å²) in [5, 5.41) is 12.8. The molecule has 1 aromatic heterocycles. The van der Waals surface area contributed by atoms with Crippen LogP contribution in [0.1, 0.15) is 27.2 Å². The van der Waals surface area contributed by atoms with E-state index in [4.69, 9.17) is 4.74 Å². The summed E-state index contributed by atoms with van der Waals surface area (Å²) in [7, 11) is 1.30. The number of allylic oxidation sites excluding steroid dienone is 2. The van der Waals surface area contributed by atoms with Gasteiger partial charge in [-0.1, -0.05) is 42.5 Å². The molecule has 1 amide bonds. The highest BCUT2D eigenvalue weighted by Crippen LogP contribution is 2.48. The van der Waals surface area contributed by atoms with Gasteiger partial charge in [0.15, 0.2) is 0 Å². The van der Waals surface area contributed by atoms with Crippen molar-refractivity contribution in [1.29, 1.82) is 0 Å². The zero-order chi connectivity index (χ0) is 20.5. The van der Waals surface area contributed by atoms with Gasteiger partial charge in [0.1, 0.15) is 5.00 Å². The number of methoxy groups -OCH3 is 1. The van der Waals surface area contributed by atoms with Crippen LogP contribution >= 0.6 is 11.3 Å². The predicted molar refractivity (Wildman–Crippen MR) is 109 cm³/mol. The minimum Gasteiger partial charge on any atom is -0.481 e. The molecule has 0 saturated heterocycles. The Balaban J connectivity index is 1.58. The first-order valence-electron chi connectivity index (χ1n) is 9.45. The largest absolute Gasteiger partial charge is 0.481 e. The lowest BCUT2D eigenvalue weighted by Gasteiger charge is -2.23. The number of fused-ring (bicyclic) bond motifs is 2. The Morgan fingerprint density at radius 3 is 2.48 bits per heavy atom. The van der Waals surface area contributed by atoms with Gasteiger partial charge in [0.2, 0.25) is 5.91 Å². The maximum absolute atomic E-state index is 13.0. The molecule has 2 N–H and O–H groups in total. The fourth-order valence-electron chi connectivity index (χ4n) is 4.39. The summed E-state index contributed by atoms with van der Waals surface area (Å²) in [4.78, 5) is 37.8. The highest BCUT2D eigenvalue weighted by molar-refractivity contribution is 7.16. The molecule has 2 aliphatic rings. The van der Waals surface area contributed by atoms with Crippen molar-refractivity contribution in [3.63, 3.8) is 0 Å². The molecule has 0 spiro atoms. The number of ether oxygens (including phenoxy) is 1. The van der Waals surface area contributed by atoms with Crippen molar-refractivity contribution < 1.29 is 24.2 Å². The van der Waals surface area contributed by atoms with E-state index in [1.165, 1.54) is 18.4 Å². The topological polar surface area (TPSA) is 92.7 Å². The number of carboxylic acid groups (broad SMARTS) is 1. The molecule has 29 heavy (non-hydrogen) atoms. The van der Waals surface area contributed by atoms with Gasteiger partial charge >= 0.3 is 11.9 Å². The molecule has 0 radical (unpaired) electrons. The lowest BCUT2D eigenvalue weighted by molar-refractivity contribution is -0.146. The molecule has 0 unspecified atom stereocenters. The third kappa shape index (κ3) is 3.70. The maximum atomic E-state index is 13.0. The number of hydrogen-bond donors (Lipinski definition) is 2. The molecule has 1 saturated carbocycles. The Bertz CT molecular complexity index is 980. The van der Waals surface area contributed by atoms with Crippen molar-refractivity contribution in [2.45, 2.75) is 12.8 Å². The molecule has 4 rings (SSSR count). The Morgan fingerprint density at radius 2 is 1.83 bits per heavy atom. The van der Waals surface area contributed by atoms with Crippen LogP contribution in [0.3, 0.4) is 0 Å². The first-order chi connectivity index (χ1) is 14.0. The SMILES string of the molecule is COC(=O)c1cc(Cc2ccccc2)sc1NC(=O)[C@@H]1[C@@H](C(=O)O)[C@H]2C=C[C@@H]1C2. The van der Waals surface area contributed by atoms with E-state index in [0.29, 0.717) is 23.4 Å².